The first-order valence-electron chi connectivity index (χ1n) is 7.41. The van der Waals surface area contributed by atoms with Crippen LogP contribution in [0, 0.1) is 0 Å². The number of carboxylic acids is 1. The molecule has 120 valence electrons. The predicted molar refractivity (Wildman–Crippen MR) is 89.4 cm³/mol. The average molecular weight is 313 g/mol. The molecule has 1 N–H and O–H groups in total. The van der Waals surface area contributed by atoms with Crippen molar-refractivity contribution in [1.82, 2.24) is 0 Å². The van der Waals surface area contributed by atoms with Gasteiger partial charge in [0.25, 0.3) is 0 Å². The topological polar surface area (TPSA) is 68.1 Å². The molecule has 0 aliphatic carbocycles. The fourth-order valence-corrected chi connectivity index (χ4v) is 1.99. The van der Waals surface area contributed by atoms with Gasteiger partial charge >= 0.3 is 5.97 Å². The summed E-state index contributed by atoms with van der Waals surface area (Å²) < 4.78 is 11.1. The molecule has 0 aromatic heterocycles. The SMILES string of the molecule is CCOc1ccc(C=Nc2ccc(C(=O)O)cc2)cc1OCC. The van der Waals surface area contributed by atoms with E-state index < -0.39 is 5.97 Å². The molecular formula is C18H19NO4. The lowest BCUT2D eigenvalue weighted by molar-refractivity contribution is 0.0697. The largest absolute Gasteiger partial charge is 0.490 e. The minimum absolute atomic E-state index is 0.239. The lowest BCUT2D eigenvalue weighted by atomic mass is 10.2. The van der Waals surface area contributed by atoms with Gasteiger partial charge < -0.3 is 14.6 Å². The summed E-state index contributed by atoms with van der Waals surface area (Å²) in [6, 6.07) is 12.0. The molecule has 0 spiro atoms. The average Bonchev–Trinajstić information content (AvgIpc) is 2.56. The fraction of sp³-hybridized carbons (Fsp3) is 0.222. The van der Waals surface area contributed by atoms with Crippen molar-refractivity contribution in [3.63, 3.8) is 0 Å². The number of rotatable bonds is 7. The van der Waals surface area contributed by atoms with Crippen LogP contribution >= 0.6 is 0 Å². The molecule has 5 nitrogen and oxygen atoms in total. The second-order valence-corrected chi connectivity index (χ2v) is 4.68. The number of nitrogens with zero attached hydrogens (tertiary/aromatic N) is 1. The van der Waals surface area contributed by atoms with Crippen LogP contribution in [0.5, 0.6) is 11.5 Å². The zero-order valence-electron chi connectivity index (χ0n) is 13.2. The van der Waals surface area contributed by atoms with Crippen molar-refractivity contribution in [2.45, 2.75) is 13.8 Å². The van der Waals surface area contributed by atoms with Crippen molar-refractivity contribution in [3.05, 3.63) is 53.6 Å². The van der Waals surface area contributed by atoms with Crippen LogP contribution in [0.15, 0.2) is 47.5 Å². The molecule has 2 aromatic rings. The number of benzene rings is 2. The van der Waals surface area contributed by atoms with Crippen molar-refractivity contribution < 1.29 is 19.4 Å². The van der Waals surface area contributed by atoms with E-state index in [9.17, 15) is 4.79 Å². The Morgan fingerprint density at radius 1 is 1.04 bits per heavy atom. The van der Waals surface area contributed by atoms with Gasteiger partial charge in [0.05, 0.1) is 24.5 Å². The van der Waals surface area contributed by atoms with Gasteiger partial charge in [-0.25, -0.2) is 4.79 Å². The normalized spacial score (nSPS) is 10.7. The molecule has 5 heteroatoms. The van der Waals surface area contributed by atoms with E-state index in [1.807, 2.05) is 32.0 Å². The molecule has 0 radical (unpaired) electrons. The minimum atomic E-state index is -0.951. The number of aliphatic imine (C=N–C) groups is 1. The van der Waals surface area contributed by atoms with E-state index >= 15 is 0 Å². The maximum Gasteiger partial charge on any atom is 0.335 e. The highest BCUT2D eigenvalue weighted by Crippen LogP contribution is 2.28. The highest BCUT2D eigenvalue weighted by Gasteiger charge is 2.05. The molecule has 0 amide bonds. The van der Waals surface area contributed by atoms with E-state index in [-0.39, 0.29) is 5.56 Å². The number of hydrogen-bond donors (Lipinski definition) is 1. The molecule has 0 saturated heterocycles. The Morgan fingerprint density at radius 3 is 2.30 bits per heavy atom. The van der Waals surface area contributed by atoms with E-state index in [0.29, 0.717) is 30.4 Å². The van der Waals surface area contributed by atoms with Gasteiger partial charge in [-0.2, -0.15) is 0 Å². The van der Waals surface area contributed by atoms with Crippen molar-refractivity contribution in [2.75, 3.05) is 13.2 Å². The van der Waals surface area contributed by atoms with Crippen molar-refractivity contribution in [2.24, 2.45) is 4.99 Å². The van der Waals surface area contributed by atoms with Crippen LogP contribution in [0.1, 0.15) is 29.8 Å². The Labute approximate surface area is 135 Å². The van der Waals surface area contributed by atoms with Gasteiger partial charge in [0, 0.05) is 6.21 Å². The van der Waals surface area contributed by atoms with Crippen LogP contribution in [0.25, 0.3) is 0 Å². The first kappa shape index (κ1) is 16.5. The molecular weight excluding hydrogens is 294 g/mol. The number of ether oxygens (including phenoxy) is 2. The zero-order chi connectivity index (χ0) is 16.7. The Hall–Kier alpha value is -2.82. The molecule has 2 rings (SSSR count). The maximum atomic E-state index is 10.8. The molecule has 23 heavy (non-hydrogen) atoms. The maximum absolute atomic E-state index is 10.8. The third kappa shape index (κ3) is 4.57. The van der Waals surface area contributed by atoms with E-state index in [1.165, 1.54) is 12.1 Å². The molecule has 0 heterocycles. The summed E-state index contributed by atoms with van der Waals surface area (Å²) in [5.74, 6) is 0.435. The summed E-state index contributed by atoms with van der Waals surface area (Å²) in [5.41, 5.74) is 1.80. The van der Waals surface area contributed by atoms with Gasteiger partial charge in [-0.3, -0.25) is 4.99 Å². The Bertz CT molecular complexity index is 693. The first-order chi connectivity index (χ1) is 11.1. The second-order valence-electron chi connectivity index (χ2n) is 4.68. The van der Waals surface area contributed by atoms with Gasteiger partial charge in [-0.15, -0.1) is 0 Å². The number of aromatic carboxylic acids is 1. The van der Waals surface area contributed by atoms with E-state index in [1.54, 1.807) is 18.3 Å². The summed E-state index contributed by atoms with van der Waals surface area (Å²) in [6.45, 7) is 4.97. The Morgan fingerprint density at radius 2 is 1.70 bits per heavy atom. The van der Waals surface area contributed by atoms with Gasteiger partial charge in [0.2, 0.25) is 0 Å². The highest BCUT2D eigenvalue weighted by atomic mass is 16.5. The molecule has 0 aliphatic heterocycles. The second kappa shape index (κ2) is 7.98. The Balaban J connectivity index is 2.18. The van der Waals surface area contributed by atoms with Gasteiger partial charge in [-0.05, 0) is 61.9 Å². The molecule has 0 atom stereocenters. The van der Waals surface area contributed by atoms with Crippen molar-refractivity contribution in [3.8, 4) is 11.5 Å². The highest BCUT2D eigenvalue weighted by molar-refractivity contribution is 5.88. The third-order valence-electron chi connectivity index (χ3n) is 3.04. The van der Waals surface area contributed by atoms with E-state index in [4.69, 9.17) is 14.6 Å². The smallest absolute Gasteiger partial charge is 0.335 e. The van der Waals surface area contributed by atoms with Crippen molar-refractivity contribution in [1.29, 1.82) is 0 Å². The quantitative estimate of drug-likeness (QED) is 0.786. The van der Waals surface area contributed by atoms with Crippen LogP contribution < -0.4 is 9.47 Å². The summed E-state index contributed by atoms with van der Waals surface area (Å²) in [7, 11) is 0. The van der Waals surface area contributed by atoms with Crippen LogP contribution in [0.3, 0.4) is 0 Å². The molecule has 0 bridgehead atoms. The standard InChI is InChI=1S/C18H19NO4/c1-3-22-16-10-5-13(11-17(16)23-4-2)12-19-15-8-6-14(7-9-15)18(20)21/h5-12H,3-4H2,1-2H3,(H,20,21). The van der Waals surface area contributed by atoms with E-state index in [2.05, 4.69) is 4.99 Å². The van der Waals surface area contributed by atoms with E-state index in [0.717, 1.165) is 5.56 Å². The number of hydrogen-bond acceptors (Lipinski definition) is 4. The predicted octanol–water partition coefficient (Wildman–Crippen LogP) is 3.93. The number of carboxylic acid groups (broad SMARTS) is 1. The van der Waals surface area contributed by atoms with Gasteiger partial charge in [-0.1, -0.05) is 0 Å². The molecule has 2 aromatic carbocycles. The molecule has 0 unspecified atom stereocenters. The summed E-state index contributed by atoms with van der Waals surface area (Å²) >= 11 is 0. The van der Waals surface area contributed by atoms with Gasteiger partial charge in [0.15, 0.2) is 11.5 Å². The third-order valence-corrected chi connectivity index (χ3v) is 3.04. The minimum Gasteiger partial charge on any atom is -0.490 e. The lowest BCUT2D eigenvalue weighted by Gasteiger charge is -2.11. The molecule has 0 fully saturated rings. The van der Waals surface area contributed by atoms with Crippen LogP contribution in [-0.4, -0.2) is 30.5 Å². The van der Waals surface area contributed by atoms with Crippen LogP contribution in [0.4, 0.5) is 5.69 Å². The number of carbonyl (C=O) groups is 1. The summed E-state index contributed by atoms with van der Waals surface area (Å²) in [6.07, 6.45) is 1.70. The fourth-order valence-electron chi connectivity index (χ4n) is 1.99. The zero-order valence-corrected chi connectivity index (χ0v) is 13.2. The van der Waals surface area contributed by atoms with Crippen LogP contribution in [-0.2, 0) is 0 Å². The van der Waals surface area contributed by atoms with Crippen molar-refractivity contribution >= 4 is 17.9 Å². The first-order valence-corrected chi connectivity index (χ1v) is 7.41. The monoisotopic (exact) mass is 313 g/mol. The van der Waals surface area contributed by atoms with Gasteiger partial charge in [0.1, 0.15) is 0 Å². The summed E-state index contributed by atoms with van der Waals surface area (Å²) in [4.78, 5) is 15.2. The summed E-state index contributed by atoms with van der Waals surface area (Å²) in [5, 5.41) is 8.87. The lowest BCUT2D eigenvalue weighted by Crippen LogP contribution is -1.99. The molecule has 0 aliphatic rings. The Kier molecular flexibility index (Phi) is 5.74. The molecule has 0 saturated carbocycles. The van der Waals surface area contributed by atoms with Crippen LogP contribution in [0.2, 0.25) is 0 Å².